The maximum Gasteiger partial charge on any atom is 0.0128 e. The predicted molar refractivity (Wildman–Crippen MR) is 57.7 cm³/mol. The van der Waals surface area contributed by atoms with Crippen molar-refractivity contribution in [3.63, 3.8) is 0 Å². The standard InChI is InChI=1S/C12H19N/c1-9(2)12(13)10(3)11-7-5-4-6-8-11/h4-10,12H,13H2,1-3H3/t10-,12+/m0/s1. The summed E-state index contributed by atoms with van der Waals surface area (Å²) >= 11 is 0. The van der Waals surface area contributed by atoms with Crippen LogP contribution in [0, 0.1) is 5.92 Å². The summed E-state index contributed by atoms with van der Waals surface area (Å²) in [6.07, 6.45) is 0. The van der Waals surface area contributed by atoms with Gasteiger partial charge in [-0.3, -0.25) is 0 Å². The van der Waals surface area contributed by atoms with E-state index < -0.39 is 0 Å². The summed E-state index contributed by atoms with van der Waals surface area (Å²) < 4.78 is 0. The molecule has 2 N–H and O–H groups in total. The minimum absolute atomic E-state index is 0.252. The van der Waals surface area contributed by atoms with Crippen LogP contribution in [0.5, 0.6) is 0 Å². The second kappa shape index (κ2) is 4.43. The average molecular weight is 177 g/mol. The Labute approximate surface area is 81.0 Å². The van der Waals surface area contributed by atoms with E-state index >= 15 is 0 Å². The fourth-order valence-electron chi connectivity index (χ4n) is 1.56. The Hall–Kier alpha value is -0.820. The summed E-state index contributed by atoms with van der Waals surface area (Å²) in [4.78, 5) is 0. The molecule has 1 aromatic carbocycles. The highest BCUT2D eigenvalue weighted by molar-refractivity contribution is 5.20. The Morgan fingerprint density at radius 2 is 1.54 bits per heavy atom. The predicted octanol–water partition coefficient (Wildman–Crippen LogP) is 2.77. The summed E-state index contributed by atoms with van der Waals surface area (Å²) in [7, 11) is 0. The molecule has 0 bridgehead atoms. The summed E-state index contributed by atoms with van der Waals surface area (Å²) in [5, 5.41) is 0. The Morgan fingerprint density at radius 3 is 2.00 bits per heavy atom. The highest BCUT2D eigenvalue weighted by atomic mass is 14.7. The third-order valence-electron chi connectivity index (χ3n) is 2.67. The number of hydrogen-bond acceptors (Lipinski definition) is 1. The summed E-state index contributed by atoms with van der Waals surface area (Å²) in [5.74, 6) is 0.983. The number of hydrogen-bond donors (Lipinski definition) is 1. The highest BCUT2D eigenvalue weighted by Gasteiger charge is 2.17. The zero-order valence-corrected chi connectivity index (χ0v) is 8.70. The topological polar surface area (TPSA) is 26.0 Å². The molecule has 0 aliphatic rings. The van der Waals surface area contributed by atoms with Crippen molar-refractivity contribution in [1.82, 2.24) is 0 Å². The molecule has 0 aliphatic heterocycles. The largest absolute Gasteiger partial charge is 0.327 e. The van der Waals surface area contributed by atoms with E-state index in [2.05, 4.69) is 45.0 Å². The van der Waals surface area contributed by atoms with Gasteiger partial charge in [0.2, 0.25) is 0 Å². The minimum Gasteiger partial charge on any atom is -0.327 e. The van der Waals surface area contributed by atoms with Gasteiger partial charge in [0.1, 0.15) is 0 Å². The number of benzene rings is 1. The second-order valence-corrected chi connectivity index (χ2v) is 4.02. The lowest BCUT2D eigenvalue weighted by Crippen LogP contribution is -2.32. The van der Waals surface area contributed by atoms with Crippen molar-refractivity contribution < 1.29 is 0 Å². The molecule has 0 amide bonds. The summed E-state index contributed by atoms with van der Waals surface area (Å²) in [6.45, 7) is 6.54. The van der Waals surface area contributed by atoms with Crippen LogP contribution in [-0.4, -0.2) is 6.04 Å². The van der Waals surface area contributed by atoms with Crippen LogP contribution in [0.15, 0.2) is 30.3 Å². The molecule has 1 heteroatoms. The molecule has 1 nitrogen and oxygen atoms in total. The molecule has 0 fully saturated rings. The Morgan fingerprint density at radius 1 is 1.00 bits per heavy atom. The van der Waals surface area contributed by atoms with Gasteiger partial charge in [-0.1, -0.05) is 51.1 Å². The van der Waals surface area contributed by atoms with Gasteiger partial charge in [0.15, 0.2) is 0 Å². The molecule has 0 saturated heterocycles. The molecular weight excluding hydrogens is 158 g/mol. The Balaban J connectivity index is 2.73. The van der Waals surface area contributed by atoms with Gasteiger partial charge >= 0.3 is 0 Å². The molecule has 13 heavy (non-hydrogen) atoms. The second-order valence-electron chi connectivity index (χ2n) is 4.02. The molecule has 1 aromatic rings. The first kappa shape index (κ1) is 10.3. The molecule has 0 spiro atoms. The van der Waals surface area contributed by atoms with Gasteiger partial charge < -0.3 is 5.73 Å². The van der Waals surface area contributed by atoms with Crippen LogP contribution in [0.4, 0.5) is 0 Å². The number of nitrogens with two attached hydrogens (primary N) is 1. The zero-order chi connectivity index (χ0) is 9.84. The van der Waals surface area contributed by atoms with Gasteiger partial charge in [0.25, 0.3) is 0 Å². The van der Waals surface area contributed by atoms with Crippen LogP contribution < -0.4 is 5.73 Å². The van der Waals surface area contributed by atoms with Gasteiger partial charge in [0.05, 0.1) is 0 Å². The van der Waals surface area contributed by atoms with E-state index in [1.54, 1.807) is 0 Å². The molecular formula is C12H19N. The van der Waals surface area contributed by atoms with Crippen molar-refractivity contribution in [1.29, 1.82) is 0 Å². The van der Waals surface area contributed by atoms with Crippen molar-refractivity contribution in [2.45, 2.75) is 32.7 Å². The lowest BCUT2D eigenvalue weighted by molar-refractivity contribution is 0.434. The summed E-state index contributed by atoms with van der Waals surface area (Å²) in [6, 6.07) is 10.7. The highest BCUT2D eigenvalue weighted by Crippen LogP contribution is 2.21. The summed E-state index contributed by atoms with van der Waals surface area (Å²) in [5.41, 5.74) is 7.43. The molecule has 2 atom stereocenters. The Bertz CT molecular complexity index is 241. The average Bonchev–Trinajstić information content (AvgIpc) is 2.17. The maximum absolute atomic E-state index is 6.09. The van der Waals surface area contributed by atoms with E-state index in [9.17, 15) is 0 Å². The smallest absolute Gasteiger partial charge is 0.0128 e. The van der Waals surface area contributed by atoms with Crippen molar-refractivity contribution in [2.75, 3.05) is 0 Å². The van der Waals surface area contributed by atoms with Crippen molar-refractivity contribution in [3.8, 4) is 0 Å². The SMILES string of the molecule is CC(C)[C@@H](N)[C@@H](C)c1ccccc1. The maximum atomic E-state index is 6.09. The van der Waals surface area contributed by atoms with Crippen molar-refractivity contribution >= 4 is 0 Å². The van der Waals surface area contributed by atoms with E-state index in [0.717, 1.165) is 0 Å². The van der Waals surface area contributed by atoms with Crippen molar-refractivity contribution in [3.05, 3.63) is 35.9 Å². The third kappa shape index (κ3) is 2.56. The van der Waals surface area contributed by atoms with Crippen LogP contribution in [0.3, 0.4) is 0 Å². The monoisotopic (exact) mass is 177 g/mol. The zero-order valence-electron chi connectivity index (χ0n) is 8.70. The van der Waals surface area contributed by atoms with Gasteiger partial charge in [-0.25, -0.2) is 0 Å². The lowest BCUT2D eigenvalue weighted by atomic mass is 9.87. The van der Waals surface area contributed by atoms with Crippen molar-refractivity contribution in [2.24, 2.45) is 11.7 Å². The van der Waals surface area contributed by atoms with Gasteiger partial charge in [-0.05, 0) is 17.4 Å². The molecule has 0 aliphatic carbocycles. The molecule has 0 saturated carbocycles. The van der Waals surface area contributed by atoms with E-state index in [-0.39, 0.29) is 6.04 Å². The molecule has 0 unspecified atom stereocenters. The molecule has 1 rings (SSSR count). The van der Waals surface area contributed by atoms with Gasteiger partial charge in [0, 0.05) is 6.04 Å². The first-order valence-corrected chi connectivity index (χ1v) is 4.93. The molecule has 0 aromatic heterocycles. The molecule has 72 valence electrons. The Kier molecular flexibility index (Phi) is 3.49. The minimum atomic E-state index is 0.252. The normalized spacial score (nSPS) is 15.8. The lowest BCUT2D eigenvalue weighted by Gasteiger charge is -2.23. The van der Waals surface area contributed by atoms with E-state index in [1.807, 2.05) is 6.07 Å². The van der Waals surface area contributed by atoms with Crippen LogP contribution >= 0.6 is 0 Å². The van der Waals surface area contributed by atoms with Gasteiger partial charge in [-0.2, -0.15) is 0 Å². The van der Waals surface area contributed by atoms with Crippen LogP contribution in [0.1, 0.15) is 32.3 Å². The van der Waals surface area contributed by atoms with E-state index in [4.69, 9.17) is 5.73 Å². The van der Waals surface area contributed by atoms with E-state index in [1.165, 1.54) is 5.56 Å². The molecule has 0 radical (unpaired) electrons. The van der Waals surface area contributed by atoms with Crippen LogP contribution in [-0.2, 0) is 0 Å². The first-order valence-electron chi connectivity index (χ1n) is 4.93. The fourth-order valence-corrected chi connectivity index (χ4v) is 1.56. The molecule has 0 heterocycles. The quantitative estimate of drug-likeness (QED) is 0.755. The van der Waals surface area contributed by atoms with Gasteiger partial charge in [-0.15, -0.1) is 0 Å². The van der Waals surface area contributed by atoms with E-state index in [0.29, 0.717) is 11.8 Å². The van der Waals surface area contributed by atoms with Crippen LogP contribution in [0.2, 0.25) is 0 Å². The third-order valence-corrected chi connectivity index (χ3v) is 2.67. The fraction of sp³-hybridized carbons (Fsp3) is 0.500. The first-order chi connectivity index (χ1) is 6.13. The number of rotatable bonds is 3. The van der Waals surface area contributed by atoms with Crippen LogP contribution in [0.25, 0.3) is 0 Å².